The summed E-state index contributed by atoms with van der Waals surface area (Å²) in [5.74, 6) is 1.28. The van der Waals surface area contributed by atoms with Gasteiger partial charge in [0.1, 0.15) is 23.0 Å². The van der Waals surface area contributed by atoms with Crippen LogP contribution in [0.1, 0.15) is 11.1 Å². The van der Waals surface area contributed by atoms with Gasteiger partial charge in [0.05, 0.1) is 12.8 Å². The van der Waals surface area contributed by atoms with Crippen molar-refractivity contribution in [3.05, 3.63) is 39.8 Å². The molecule has 1 aromatic carbocycles. The summed E-state index contributed by atoms with van der Waals surface area (Å²) in [4.78, 5) is 8.08. The third-order valence-electron chi connectivity index (χ3n) is 2.76. The molecule has 0 spiro atoms. The van der Waals surface area contributed by atoms with Gasteiger partial charge in [-0.05, 0) is 25.5 Å². The minimum absolute atomic E-state index is 0.419. The van der Waals surface area contributed by atoms with E-state index >= 15 is 0 Å². The van der Waals surface area contributed by atoms with Crippen LogP contribution < -0.4 is 10.1 Å². The van der Waals surface area contributed by atoms with Crippen molar-refractivity contribution in [3.8, 4) is 5.75 Å². The molecule has 0 aliphatic heterocycles. The van der Waals surface area contributed by atoms with Crippen LogP contribution in [0.4, 0.5) is 11.5 Å². The molecule has 0 aliphatic rings. The molecule has 0 amide bonds. The highest BCUT2D eigenvalue weighted by Crippen LogP contribution is 2.33. The topological polar surface area (TPSA) is 47.0 Å². The molecule has 6 heteroatoms. The van der Waals surface area contributed by atoms with Crippen molar-refractivity contribution in [1.82, 2.24) is 9.97 Å². The van der Waals surface area contributed by atoms with Gasteiger partial charge in [0.2, 0.25) is 0 Å². The Morgan fingerprint density at radius 3 is 2.58 bits per heavy atom. The van der Waals surface area contributed by atoms with Crippen molar-refractivity contribution in [3.63, 3.8) is 0 Å². The molecule has 100 valence electrons. The van der Waals surface area contributed by atoms with E-state index in [1.807, 2.05) is 19.9 Å². The molecule has 0 bridgehead atoms. The Kier molecular flexibility index (Phi) is 4.12. The van der Waals surface area contributed by atoms with E-state index in [0.717, 1.165) is 16.8 Å². The number of benzene rings is 1. The first-order valence-corrected chi connectivity index (χ1v) is 6.36. The normalized spacial score (nSPS) is 10.4. The van der Waals surface area contributed by atoms with Crippen molar-refractivity contribution < 1.29 is 4.74 Å². The molecule has 0 unspecified atom stereocenters. The fourth-order valence-electron chi connectivity index (χ4n) is 1.61. The Bertz CT molecular complexity index is 617. The summed E-state index contributed by atoms with van der Waals surface area (Å²) in [6.07, 6.45) is 1.41. The SMILES string of the molecule is COc1cc(Cl)c(C)cc1Nc1ncnc(Cl)c1C. The third kappa shape index (κ3) is 2.91. The Balaban J connectivity index is 2.43. The molecule has 0 aliphatic carbocycles. The first-order chi connectivity index (χ1) is 9.02. The molecule has 0 saturated heterocycles. The van der Waals surface area contributed by atoms with Crippen LogP contribution in [-0.2, 0) is 0 Å². The molecule has 2 rings (SSSR count). The number of aromatic nitrogens is 2. The lowest BCUT2D eigenvalue weighted by molar-refractivity contribution is 0.416. The van der Waals surface area contributed by atoms with Crippen LogP contribution in [0.2, 0.25) is 10.2 Å². The number of aryl methyl sites for hydroxylation is 1. The second-order valence-corrected chi connectivity index (χ2v) is 4.83. The predicted molar refractivity (Wildman–Crippen MR) is 77.8 cm³/mol. The monoisotopic (exact) mass is 297 g/mol. The smallest absolute Gasteiger partial charge is 0.143 e. The van der Waals surface area contributed by atoms with Crippen molar-refractivity contribution >= 4 is 34.7 Å². The number of nitrogens with one attached hydrogen (secondary N) is 1. The van der Waals surface area contributed by atoms with Gasteiger partial charge < -0.3 is 10.1 Å². The van der Waals surface area contributed by atoms with E-state index in [1.54, 1.807) is 13.2 Å². The number of nitrogens with zero attached hydrogens (tertiary/aromatic N) is 2. The van der Waals surface area contributed by atoms with Crippen LogP contribution in [-0.4, -0.2) is 17.1 Å². The Morgan fingerprint density at radius 2 is 1.89 bits per heavy atom. The summed E-state index contributed by atoms with van der Waals surface area (Å²) in [5.41, 5.74) is 2.50. The van der Waals surface area contributed by atoms with E-state index in [2.05, 4.69) is 15.3 Å². The Morgan fingerprint density at radius 1 is 1.16 bits per heavy atom. The summed E-state index contributed by atoms with van der Waals surface area (Å²) in [5, 5.41) is 4.25. The molecule has 1 N–H and O–H groups in total. The highest BCUT2D eigenvalue weighted by atomic mass is 35.5. The average molecular weight is 298 g/mol. The van der Waals surface area contributed by atoms with Gasteiger partial charge in [-0.3, -0.25) is 0 Å². The molecule has 0 saturated carbocycles. The maximum absolute atomic E-state index is 6.07. The summed E-state index contributed by atoms with van der Waals surface area (Å²) < 4.78 is 5.30. The number of rotatable bonds is 3. The second-order valence-electron chi connectivity index (χ2n) is 4.06. The Hall–Kier alpha value is -1.52. The van der Waals surface area contributed by atoms with E-state index in [9.17, 15) is 0 Å². The van der Waals surface area contributed by atoms with Crippen LogP contribution in [0.3, 0.4) is 0 Å². The molecule has 1 aromatic heterocycles. The zero-order valence-electron chi connectivity index (χ0n) is 10.8. The largest absolute Gasteiger partial charge is 0.495 e. The maximum Gasteiger partial charge on any atom is 0.143 e. The minimum Gasteiger partial charge on any atom is -0.495 e. The average Bonchev–Trinajstić information content (AvgIpc) is 2.39. The highest BCUT2D eigenvalue weighted by molar-refractivity contribution is 6.31. The number of halogens is 2. The van der Waals surface area contributed by atoms with Crippen LogP contribution in [0.25, 0.3) is 0 Å². The van der Waals surface area contributed by atoms with Gasteiger partial charge in [-0.1, -0.05) is 23.2 Å². The predicted octanol–water partition coefficient (Wildman–Crippen LogP) is 4.15. The number of ether oxygens (including phenoxy) is 1. The van der Waals surface area contributed by atoms with Gasteiger partial charge in [0, 0.05) is 16.7 Å². The fraction of sp³-hybridized carbons (Fsp3) is 0.231. The minimum atomic E-state index is 0.419. The van der Waals surface area contributed by atoms with E-state index < -0.39 is 0 Å². The van der Waals surface area contributed by atoms with Crippen LogP contribution in [0.5, 0.6) is 5.75 Å². The standard InChI is InChI=1S/C13H13Cl2N3O/c1-7-4-10(11(19-3)5-9(7)14)18-13-8(2)12(15)16-6-17-13/h4-6H,1-3H3,(H,16,17,18). The van der Waals surface area contributed by atoms with Gasteiger partial charge in [0.15, 0.2) is 0 Å². The lowest BCUT2D eigenvalue weighted by Crippen LogP contribution is -2.00. The molecule has 4 nitrogen and oxygen atoms in total. The van der Waals surface area contributed by atoms with E-state index in [4.69, 9.17) is 27.9 Å². The number of hydrogen-bond acceptors (Lipinski definition) is 4. The van der Waals surface area contributed by atoms with E-state index in [-0.39, 0.29) is 0 Å². The van der Waals surface area contributed by atoms with Crippen LogP contribution >= 0.6 is 23.2 Å². The number of anilines is 2. The number of hydrogen-bond donors (Lipinski definition) is 1. The maximum atomic E-state index is 6.07. The summed E-state index contributed by atoms with van der Waals surface area (Å²) in [7, 11) is 1.59. The van der Waals surface area contributed by atoms with Gasteiger partial charge in [0.25, 0.3) is 0 Å². The van der Waals surface area contributed by atoms with Crippen molar-refractivity contribution in [2.45, 2.75) is 13.8 Å². The van der Waals surface area contributed by atoms with Gasteiger partial charge in [-0.25, -0.2) is 9.97 Å². The quantitative estimate of drug-likeness (QED) is 0.865. The van der Waals surface area contributed by atoms with E-state index in [0.29, 0.717) is 21.7 Å². The molecule has 19 heavy (non-hydrogen) atoms. The molecule has 0 fully saturated rings. The summed E-state index contributed by atoms with van der Waals surface area (Å²) >= 11 is 12.0. The molecule has 1 heterocycles. The van der Waals surface area contributed by atoms with Crippen LogP contribution in [0, 0.1) is 13.8 Å². The molecular formula is C13H13Cl2N3O. The summed E-state index contributed by atoms with van der Waals surface area (Å²) in [6, 6.07) is 3.66. The van der Waals surface area contributed by atoms with Gasteiger partial charge >= 0.3 is 0 Å². The molecule has 2 aromatic rings. The molecular weight excluding hydrogens is 285 g/mol. The lowest BCUT2D eigenvalue weighted by Gasteiger charge is -2.14. The summed E-state index contributed by atoms with van der Waals surface area (Å²) in [6.45, 7) is 3.77. The highest BCUT2D eigenvalue weighted by Gasteiger charge is 2.10. The first-order valence-electron chi connectivity index (χ1n) is 5.61. The first kappa shape index (κ1) is 13.9. The molecule has 0 atom stereocenters. The van der Waals surface area contributed by atoms with Crippen molar-refractivity contribution in [1.29, 1.82) is 0 Å². The fourth-order valence-corrected chi connectivity index (χ4v) is 1.90. The zero-order valence-corrected chi connectivity index (χ0v) is 12.3. The molecule has 0 radical (unpaired) electrons. The zero-order chi connectivity index (χ0) is 14.0. The van der Waals surface area contributed by atoms with Gasteiger partial charge in [-0.2, -0.15) is 0 Å². The number of methoxy groups -OCH3 is 1. The second kappa shape index (κ2) is 5.63. The van der Waals surface area contributed by atoms with Gasteiger partial charge in [-0.15, -0.1) is 0 Å². The van der Waals surface area contributed by atoms with Crippen molar-refractivity contribution in [2.24, 2.45) is 0 Å². The lowest BCUT2D eigenvalue weighted by atomic mass is 10.2. The van der Waals surface area contributed by atoms with E-state index in [1.165, 1.54) is 6.33 Å². The Labute approximate surface area is 121 Å². The van der Waals surface area contributed by atoms with Crippen molar-refractivity contribution in [2.75, 3.05) is 12.4 Å². The third-order valence-corrected chi connectivity index (χ3v) is 3.54. The van der Waals surface area contributed by atoms with Crippen LogP contribution in [0.15, 0.2) is 18.5 Å².